The number of ether oxygens (including phenoxy) is 2. The van der Waals surface area contributed by atoms with Gasteiger partial charge in [-0.2, -0.15) is 0 Å². The zero-order valence-electron chi connectivity index (χ0n) is 11.3. The first-order valence-electron chi connectivity index (χ1n) is 6.81. The zero-order valence-corrected chi connectivity index (χ0v) is 11.3. The van der Waals surface area contributed by atoms with Crippen LogP contribution in [0, 0.1) is 0 Å². The summed E-state index contributed by atoms with van der Waals surface area (Å²) in [6.45, 7) is 1.96. The van der Waals surface area contributed by atoms with E-state index in [9.17, 15) is 0 Å². The van der Waals surface area contributed by atoms with Crippen LogP contribution in [0.5, 0.6) is 11.5 Å². The third kappa shape index (κ3) is 2.96. The Bertz CT molecular complexity index is 384. The molecule has 3 nitrogen and oxygen atoms in total. The molecular formula is C15H23NO2. The summed E-state index contributed by atoms with van der Waals surface area (Å²) in [4.78, 5) is 0. The molecule has 1 atom stereocenters. The van der Waals surface area contributed by atoms with E-state index in [1.165, 1.54) is 19.3 Å². The van der Waals surface area contributed by atoms with Gasteiger partial charge in [0.1, 0.15) is 11.5 Å². The van der Waals surface area contributed by atoms with E-state index < -0.39 is 0 Å². The molecule has 0 radical (unpaired) electrons. The Morgan fingerprint density at radius 1 is 1.17 bits per heavy atom. The second-order valence-corrected chi connectivity index (χ2v) is 5.04. The fraction of sp³-hybridized carbons (Fsp3) is 0.600. The van der Waals surface area contributed by atoms with E-state index in [0.717, 1.165) is 29.9 Å². The molecule has 0 heterocycles. The molecule has 0 amide bonds. The van der Waals surface area contributed by atoms with Crippen LogP contribution in [0.1, 0.15) is 50.6 Å². The van der Waals surface area contributed by atoms with Crippen molar-refractivity contribution in [2.75, 3.05) is 7.11 Å². The van der Waals surface area contributed by atoms with Gasteiger partial charge in [0.2, 0.25) is 0 Å². The number of benzene rings is 1. The van der Waals surface area contributed by atoms with E-state index in [1.54, 1.807) is 7.11 Å². The highest BCUT2D eigenvalue weighted by atomic mass is 16.5. The first kappa shape index (κ1) is 13.2. The van der Waals surface area contributed by atoms with Gasteiger partial charge >= 0.3 is 0 Å². The van der Waals surface area contributed by atoms with Gasteiger partial charge < -0.3 is 15.2 Å². The molecule has 2 rings (SSSR count). The Morgan fingerprint density at radius 2 is 1.83 bits per heavy atom. The Hall–Kier alpha value is -1.22. The first-order valence-corrected chi connectivity index (χ1v) is 6.81. The summed E-state index contributed by atoms with van der Waals surface area (Å²) in [6.07, 6.45) is 6.50. The maximum atomic E-state index is 6.13. The van der Waals surface area contributed by atoms with Crippen LogP contribution in [0.15, 0.2) is 18.2 Å². The van der Waals surface area contributed by atoms with Crippen molar-refractivity contribution < 1.29 is 9.47 Å². The molecular weight excluding hydrogens is 226 g/mol. The smallest absolute Gasteiger partial charge is 0.128 e. The van der Waals surface area contributed by atoms with Crippen molar-refractivity contribution in [2.24, 2.45) is 5.73 Å². The molecule has 0 aliphatic heterocycles. The van der Waals surface area contributed by atoms with Gasteiger partial charge in [-0.15, -0.1) is 0 Å². The molecule has 0 spiro atoms. The third-order valence-corrected chi connectivity index (χ3v) is 3.55. The quantitative estimate of drug-likeness (QED) is 0.889. The van der Waals surface area contributed by atoms with Crippen LogP contribution in [0.3, 0.4) is 0 Å². The van der Waals surface area contributed by atoms with Gasteiger partial charge in [0, 0.05) is 6.04 Å². The fourth-order valence-corrected chi connectivity index (χ4v) is 2.62. The molecule has 1 aliphatic rings. The number of hydrogen-bond acceptors (Lipinski definition) is 3. The summed E-state index contributed by atoms with van der Waals surface area (Å²) >= 11 is 0. The predicted molar refractivity (Wildman–Crippen MR) is 73.1 cm³/mol. The predicted octanol–water partition coefficient (Wildman–Crippen LogP) is 3.43. The van der Waals surface area contributed by atoms with E-state index in [2.05, 4.69) is 0 Å². The van der Waals surface area contributed by atoms with Crippen LogP contribution in [0.4, 0.5) is 0 Å². The van der Waals surface area contributed by atoms with Crippen LogP contribution < -0.4 is 15.2 Å². The van der Waals surface area contributed by atoms with Crippen molar-refractivity contribution in [3.63, 3.8) is 0 Å². The highest BCUT2D eigenvalue weighted by Gasteiger charge is 2.19. The maximum absolute atomic E-state index is 6.13. The highest BCUT2D eigenvalue weighted by molar-refractivity contribution is 5.46. The SMILES string of the molecule is COc1cccc(OC2CCCCC2)c1C(C)N. The van der Waals surface area contributed by atoms with Gasteiger partial charge in [0.05, 0.1) is 18.8 Å². The number of methoxy groups -OCH3 is 1. The van der Waals surface area contributed by atoms with Gasteiger partial charge in [0.25, 0.3) is 0 Å². The molecule has 1 fully saturated rings. The van der Waals surface area contributed by atoms with E-state index >= 15 is 0 Å². The third-order valence-electron chi connectivity index (χ3n) is 3.55. The topological polar surface area (TPSA) is 44.5 Å². The second kappa shape index (κ2) is 6.10. The molecule has 0 saturated heterocycles. The molecule has 1 saturated carbocycles. The lowest BCUT2D eigenvalue weighted by Gasteiger charge is -2.25. The summed E-state index contributed by atoms with van der Waals surface area (Å²) in [6, 6.07) is 5.81. The summed E-state index contributed by atoms with van der Waals surface area (Å²) in [5, 5.41) is 0. The second-order valence-electron chi connectivity index (χ2n) is 5.04. The van der Waals surface area contributed by atoms with Crippen molar-refractivity contribution in [2.45, 2.75) is 51.2 Å². The van der Waals surface area contributed by atoms with Gasteiger partial charge in [-0.1, -0.05) is 12.5 Å². The normalized spacial score (nSPS) is 18.4. The van der Waals surface area contributed by atoms with Crippen LogP contribution in [-0.4, -0.2) is 13.2 Å². The average molecular weight is 249 g/mol. The number of hydrogen-bond donors (Lipinski definition) is 1. The minimum absolute atomic E-state index is 0.0836. The minimum Gasteiger partial charge on any atom is -0.496 e. The summed E-state index contributed by atoms with van der Waals surface area (Å²) in [7, 11) is 1.67. The average Bonchev–Trinajstić information content (AvgIpc) is 2.39. The Balaban J connectivity index is 2.20. The van der Waals surface area contributed by atoms with Gasteiger partial charge in [0.15, 0.2) is 0 Å². The lowest BCUT2D eigenvalue weighted by atomic mass is 9.97. The Labute approximate surface area is 109 Å². The van der Waals surface area contributed by atoms with Crippen LogP contribution in [0.25, 0.3) is 0 Å². The molecule has 2 N–H and O–H groups in total. The van der Waals surface area contributed by atoms with Crippen molar-refractivity contribution in [1.29, 1.82) is 0 Å². The molecule has 0 bridgehead atoms. The molecule has 18 heavy (non-hydrogen) atoms. The maximum Gasteiger partial charge on any atom is 0.128 e. The summed E-state index contributed by atoms with van der Waals surface area (Å²) in [5.41, 5.74) is 7.01. The molecule has 1 aromatic rings. The summed E-state index contributed by atoms with van der Waals surface area (Å²) < 4.78 is 11.5. The van der Waals surface area contributed by atoms with Crippen molar-refractivity contribution in [1.82, 2.24) is 0 Å². The molecule has 100 valence electrons. The lowest BCUT2D eigenvalue weighted by molar-refractivity contribution is 0.152. The molecule has 1 unspecified atom stereocenters. The van der Waals surface area contributed by atoms with Crippen LogP contribution in [-0.2, 0) is 0 Å². The molecule has 0 aromatic heterocycles. The lowest BCUT2D eigenvalue weighted by Crippen LogP contribution is -2.21. The van der Waals surface area contributed by atoms with E-state index in [0.29, 0.717) is 6.10 Å². The number of rotatable bonds is 4. The van der Waals surface area contributed by atoms with Crippen LogP contribution >= 0.6 is 0 Å². The van der Waals surface area contributed by atoms with Crippen molar-refractivity contribution >= 4 is 0 Å². The standard InChI is InChI=1S/C15H23NO2/c1-11(16)15-13(17-2)9-6-10-14(15)18-12-7-4-3-5-8-12/h6,9-12H,3-5,7-8,16H2,1-2H3. The Morgan fingerprint density at radius 3 is 2.44 bits per heavy atom. The summed E-state index contributed by atoms with van der Waals surface area (Å²) in [5.74, 6) is 1.70. The largest absolute Gasteiger partial charge is 0.496 e. The molecule has 3 heteroatoms. The first-order chi connectivity index (χ1) is 8.72. The van der Waals surface area contributed by atoms with Crippen molar-refractivity contribution in [3.8, 4) is 11.5 Å². The van der Waals surface area contributed by atoms with Crippen LogP contribution in [0.2, 0.25) is 0 Å². The van der Waals surface area contributed by atoms with Gasteiger partial charge in [-0.3, -0.25) is 0 Å². The van der Waals surface area contributed by atoms with Gasteiger partial charge in [-0.25, -0.2) is 0 Å². The minimum atomic E-state index is -0.0836. The highest BCUT2D eigenvalue weighted by Crippen LogP contribution is 2.35. The monoisotopic (exact) mass is 249 g/mol. The zero-order chi connectivity index (χ0) is 13.0. The Kier molecular flexibility index (Phi) is 4.48. The van der Waals surface area contributed by atoms with E-state index in [4.69, 9.17) is 15.2 Å². The van der Waals surface area contributed by atoms with Crippen molar-refractivity contribution in [3.05, 3.63) is 23.8 Å². The van der Waals surface area contributed by atoms with E-state index in [-0.39, 0.29) is 6.04 Å². The van der Waals surface area contributed by atoms with E-state index in [1.807, 2.05) is 25.1 Å². The fourth-order valence-electron chi connectivity index (χ4n) is 2.62. The van der Waals surface area contributed by atoms with Gasteiger partial charge in [-0.05, 0) is 44.7 Å². The molecule has 1 aromatic carbocycles. The molecule has 1 aliphatic carbocycles. The number of nitrogens with two attached hydrogens (primary N) is 1.